The molecule has 3 N–H and O–H groups in total. The van der Waals surface area contributed by atoms with Gasteiger partial charge < -0.3 is 25.0 Å². The Labute approximate surface area is 231 Å². The Balaban J connectivity index is 1.20. The molecule has 6 nitrogen and oxygen atoms in total. The number of carboxylic acids is 1. The van der Waals surface area contributed by atoms with Crippen molar-refractivity contribution in [3.8, 4) is 5.75 Å². The number of aryl methyl sites for hydroxylation is 1. The van der Waals surface area contributed by atoms with E-state index in [2.05, 4.69) is 61.6 Å². The fraction of sp³-hybridized carbons (Fsp3) is 0.485. The molecule has 3 aromatic carbocycles. The van der Waals surface area contributed by atoms with Gasteiger partial charge in [-0.05, 0) is 75.4 Å². The van der Waals surface area contributed by atoms with Crippen LogP contribution in [-0.4, -0.2) is 46.6 Å². The van der Waals surface area contributed by atoms with E-state index >= 15 is 0 Å². The molecule has 0 radical (unpaired) electrons. The molecule has 1 heterocycles. The van der Waals surface area contributed by atoms with Gasteiger partial charge in [-0.25, -0.2) is 0 Å². The molecule has 0 amide bonds. The predicted molar refractivity (Wildman–Crippen MR) is 153 cm³/mol. The van der Waals surface area contributed by atoms with Gasteiger partial charge in [-0.2, -0.15) is 0 Å². The van der Waals surface area contributed by atoms with Crippen LogP contribution in [0.5, 0.6) is 5.75 Å². The quantitative estimate of drug-likeness (QED) is 0.307. The Morgan fingerprint density at radius 2 is 1.85 bits per heavy atom. The number of aliphatic hydroxyl groups is 1. The number of rotatable bonds is 10. The summed E-state index contributed by atoms with van der Waals surface area (Å²) in [5.74, 6) is -0.577. The fourth-order valence-electron chi connectivity index (χ4n) is 6.45. The molecule has 0 saturated heterocycles. The first-order valence-corrected chi connectivity index (χ1v) is 14.0. The van der Waals surface area contributed by atoms with Gasteiger partial charge in [0.15, 0.2) is 0 Å². The summed E-state index contributed by atoms with van der Waals surface area (Å²) in [6, 6.07) is 18.9. The maximum atomic E-state index is 12.0. The summed E-state index contributed by atoms with van der Waals surface area (Å²) in [5.41, 5.74) is 3.42. The van der Waals surface area contributed by atoms with Crippen LogP contribution >= 0.6 is 0 Å². The van der Waals surface area contributed by atoms with E-state index in [0.717, 1.165) is 28.9 Å². The first kappa shape index (κ1) is 27.6. The number of nitrogens with one attached hydrogen (secondary N) is 1. The lowest BCUT2D eigenvalue weighted by Crippen LogP contribution is -2.46. The highest BCUT2D eigenvalue weighted by Gasteiger charge is 2.67. The Hall–Kier alpha value is -2.93. The van der Waals surface area contributed by atoms with Gasteiger partial charge in [0.25, 0.3) is 0 Å². The zero-order valence-electron chi connectivity index (χ0n) is 23.8. The van der Waals surface area contributed by atoms with Crippen LogP contribution in [0.4, 0.5) is 0 Å². The summed E-state index contributed by atoms with van der Waals surface area (Å²) >= 11 is 0. The lowest BCUT2D eigenvalue weighted by Gasteiger charge is -2.35. The standard InChI is InChI=1S/C33H41NO5/c1-19-11-14-25(26-27-28(31(36)37)29(27)33(5,6)39-30(19)26)20(2)38-18-24(35)17-34-32(3,4)16-21-12-13-22-9-7-8-10-23(22)15-21/h7-15,20,24,27-29,34-35H,16-18H2,1-6H3,(H,36,37)/t20?,24-,27?,28?,29?/m1/s1. The van der Waals surface area contributed by atoms with Crippen molar-refractivity contribution in [1.82, 2.24) is 5.32 Å². The van der Waals surface area contributed by atoms with Gasteiger partial charge in [-0.3, -0.25) is 4.79 Å². The summed E-state index contributed by atoms with van der Waals surface area (Å²) in [4.78, 5) is 12.0. The molecule has 208 valence electrons. The Morgan fingerprint density at radius 3 is 2.56 bits per heavy atom. The highest BCUT2D eigenvalue weighted by atomic mass is 16.5. The van der Waals surface area contributed by atoms with Crippen molar-refractivity contribution in [2.45, 2.75) is 77.2 Å². The smallest absolute Gasteiger partial charge is 0.307 e. The molecule has 0 bridgehead atoms. The summed E-state index contributed by atoms with van der Waals surface area (Å²) in [5, 5.41) is 26.6. The third-order valence-corrected chi connectivity index (χ3v) is 8.49. The average Bonchev–Trinajstić information content (AvgIpc) is 3.64. The molecule has 3 aromatic rings. The van der Waals surface area contributed by atoms with Crippen molar-refractivity contribution in [2.75, 3.05) is 13.2 Å². The molecule has 5 atom stereocenters. The van der Waals surface area contributed by atoms with Gasteiger partial charge in [0.05, 0.1) is 24.7 Å². The second-order valence-corrected chi connectivity index (χ2v) is 12.6. The molecular weight excluding hydrogens is 490 g/mol. The number of ether oxygens (including phenoxy) is 2. The van der Waals surface area contributed by atoms with Crippen LogP contribution < -0.4 is 10.1 Å². The molecule has 1 saturated carbocycles. The van der Waals surface area contributed by atoms with Crippen molar-refractivity contribution in [1.29, 1.82) is 0 Å². The van der Waals surface area contributed by atoms with E-state index in [9.17, 15) is 15.0 Å². The minimum absolute atomic E-state index is 0.0603. The third kappa shape index (κ3) is 5.56. The van der Waals surface area contributed by atoms with Crippen molar-refractivity contribution < 1.29 is 24.5 Å². The van der Waals surface area contributed by atoms with E-state index in [-0.39, 0.29) is 30.1 Å². The molecule has 1 fully saturated rings. The number of carbonyl (C=O) groups is 1. The number of β-amino-alcohol motifs (C(OH)–C–C–N with tert-alkyl or cyclic N) is 1. The topological polar surface area (TPSA) is 88.0 Å². The molecule has 1 aliphatic heterocycles. The van der Waals surface area contributed by atoms with Gasteiger partial charge in [0.1, 0.15) is 11.4 Å². The number of aliphatic carboxylic acids is 1. The maximum absolute atomic E-state index is 12.0. The molecular formula is C33H41NO5. The van der Waals surface area contributed by atoms with E-state index in [1.165, 1.54) is 16.3 Å². The van der Waals surface area contributed by atoms with Gasteiger partial charge >= 0.3 is 5.97 Å². The number of carboxylic acid groups (broad SMARTS) is 1. The lowest BCUT2D eigenvalue weighted by molar-refractivity contribution is -0.139. The SMILES string of the molecule is Cc1ccc(C(C)OC[C@H](O)CNC(C)(C)Cc2ccc3ccccc3c2)c2c1OC(C)(C)C1C(C(=O)O)C21. The Morgan fingerprint density at radius 1 is 1.13 bits per heavy atom. The first-order valence-electron chi connectivity index (χ1n) is 14.0. The molecule has 0 aromatic heterocycles. The van der Waals surface area contributed by atoms with Crippen molar-refractivity contribution in [2.24, 2.45) is 11.8 Å². The maximum Gasteiger partial charge on any atom is 0.307 e. The van der Waals surface area contributed by atoms with Crippen LogP contribution in [0.15, 0.2) is 54.6 Å². The van der Waals surface area contributed by atoms with Crippen LogP contribution in [0.25, 0.3) is 10.8 Å². The second-order valence-electron chi connectivity index (χ2n) is 12.6. The Kier molecular flexibility index (Phi) is 7.25. The zero-order chi connectivity index (χ0) is 28.1. The van der Waals surface area contributed by atoms with E-state index in [1.807, 2.05) is 39.8 Å². The highest BCUT2D eigenvalue weighted by molar-refractivity contribution is 5.83. The Bertz CT molecular complexity index is 1380. The van der Waals surface area contributed by atoms with Crippen LogP contribution in [0.3, 0.4) is 0 Å². The van der Waals surface area contributed by atoms with Gasteiger partial charge in [-0.1, -0.05) is 54.6 Å². The number of aliphatic hydroxyl groups excluding tert-OH is 1. The molecule has 6 heteroatoms. The molecule has 39 heavy (non-hydrogen) atoms. The second kappa shape index (κ2) is 10.2. The third-order valence-electron chi connectivity index (χ3n) is 8.49. The normalized spacial score (nSPS) is 22.9. The largest absolute Gasteiger partial charge is 0.487 e. The number of hydrogen-bond donors (Lipinski definition) is 3. The number of hydrogen-bond acceptors (Lipinski definition) is 5. The van der Waals surface area contributed by atoms with E-state index in [1.54, 1.807) is 0 Å². The van der Waals surface area contributed by atoms with Crippen LogP contribution in [0.2, 0.25) is 0 Å². The van der Waals surface area contributed by atoms with Crippen molar-refractivity contribution in [3.05, 3.63) is 76.9 Å². The summed E-state index contributed by atoms with van der Waals surface area (Å²) < 4.78 is 12.5. The van der Waals surface area contributed by atoms with E-state index in [4.69, 9.17) is 9.47 Å². The zero-order valence-corrected chi connectivity index (χ0v) is 23.8. The van der Waals surface area contributed by atoms with E-state index < -0.39 is 23.6 Å². The molecule has 4 unspecified atom stereocenters. The average molecular weight is 532 g/mol. The van der Waals surface area contributed by atoms with Crippen LogP contribution in [0, 0.1) is 18.8 Å². The number of fused-ring (bicyclic) bond motifs is 4. The molecule has 5 rings (SSSR count). The molecule has 2 aliphatic rings. The minimum atomic E-state index is -0.775. The van der Waals surface area contributed by atoms with Gasteiger partial charge in [0, 0.05) is 29.5 Å². The number of benzene rings is 3. The minimum Gasteiger partial charge on any atom is -0.487 e. The highest BCUT2D eigenvalue weighted by Crippen LogP contribution is 2.66. The summed E-state index contributed by atoms with van der Waals surface area (Å²) in [6.07, 6.45) is -0.152. The lowest BCUT2D eigenvalue weighted by atomic mass is 9.88. The molecule has 1 aliphatic carbocycles. The molecule has 0 spiro atoms. The first-order chi connectivity index (χ1) is 18.4. The van der Waals surface area contributed by atoms with Gasteiger partial charge in [0.2, 0.25) is 0 Å². The van der Waals surface area contributed by atoms with Crippen LogP contribution in [0.1, 0.15) is 68.9 Å². The fourth-order valence-corrected chi connectivity index (χ4v) is 6.45. The monoisotopic (exact) mass is 531 g/mol. The van der Waals surface area contributed by atoms with Crippen molar-refractivity contribution >= 4 is 16.7 Å². The van der Waals surface area contributed by atoms with Crippen molar-refractivity contribution in [3.63, 3.8) is 0 Å². The van der Waals surface area contributed by atoms with Crippen LogP contribution in [-0.2, 0) is 16.0 Å². The summed E-state index contributed by atoms with van der Waals surface area (Å²) in [7, 11) is 0. The van der Waals surface area contributed by atoms with E-state index in [0.29, 0.717) is 6.54 Å². The summed E-state index contributed by atoms with van der Waals surface area (Å²) in [6.45, 7) is 12.8. The predicted octanol–water partition coefficient (Wildman–Crippen LogP) is 5.78. The van der Waals surface area contributed by atoms with Gasteiger partial charge in [-0.15, -0.1) is 0 Å².